The quantitative estimate of drug-likeness (QED) is 0.433. The van der Waals surface area contributed by atoms with E-state index in [1.807, 2.05) is 23.6 Å². The van der Waals surface area contributed by atoms with Gasteiger partial charge in [0.25, 0.3) is 0 Å². The lowest BCUT2D eigenvalue weighted by Crippen LogP contribution is -2.43. The van der Waals surface area contributed by atoms with Crippen molar-refractivity contribution >= 4 is 28.2 Å². The number of hydrogen-bond acceptors (Lipinski definition) is 7. The molecular weight excluding hydrogens is 420 g/mol. The van der Waals surface area contributed by atoms with Gasteiger partial charge in [-0.05, 0) is 49.1 Å². The monoisotopic (exact) mass is 450 g/mol. The van der Waals surface area contributed by atoms with Gasteiger partial charge in [0.2, 0.25) is 5.91 Å². The molecule has 4 N–H and O–H groups in total. The average Bonchev–Trinajstić information content (AvgIpc) is 3.26. The molecule has 168 valence electrons. The first-order valence-electron chi connectivity index (χ1n) is 11.1. The van der Waals surface area contributed by atoms with Gasteiger partial charge in [-0.3, -0.25) is 4.79 Å². The predicted molar refractivity (Wildman–Crippen MR) is 131 cm³/mol. The second-order valence-corrected chi connectivity index (χ2v) is 8.96. The van der Waals surface area contributed by atoms with Crippen molar-refractivity contribution in [1.29, 1.82) is 0 Å². The maximum atomic E-state index is 12.5. The number of amides is 1. The minimum absolute atomic E-state index is 0.0593. The van der Waals surface area contributed by atoms with Crippen LogP contribution < -0.4 is 16.4 Å². The van der Waals surface area contributed by atoms with Gasteiger partial charge < -0.3 is 21.3 Å². The lowest BCUT2D eigenvalue weighted by molar-refractivity contribution is -0.115. The molecule has 4 rings (SSSR count). The predicted octanol–water partition coefficient (Wildman–Crippen LogP) is 3.20. The molecule has 0 atom stereocenters. The molecule has 1 amide bonds. The topological polar surface area (TPSA) is 96.2 Å². The van der Waals surface area contributed by atoms with Crippen LogP contribution in [-0.2, 0) is 17.6 Å². The Labute approximate surface area is 193 Å². The maximum absolute atomic E-state index is 12.5. The summed E-state index contributed by atoms with van der Waals surface area (Å²) >= 11 is 1.41. The fraction of sp³-hybridized carbons (Fsp3) is 0.375. The zero-order valence-corrected chi connectivity index (χ0v) is 19.0. The summed E-state index contributed by atoms with van der Waals surface area (Å²) in [5.74, 6) is 0.390. The van der Waals surface area contributed by atoms with E-state index in [9.17, 15) is 4.79 Å². The van der Waals surface area contributed by atoms with Crippen LogP contribution in [0.15, 0.2) is 48.0 Å². The van der Waals surface area contributed by atoms with Gasteiger partial charge in [-0.25, -0.2) is 9.97 Å². The van der Waals surface area contributed by atoms with E-state index in [0.717, 1.165) is 49.4 Å². The van der Waals surface area contributed by atoms with E-state index in [0.29, 0.717) is 17.4 Å². The second-order valence-electron chi connectivity index (χ2n) is 8.10. The summed E-state index contributed by atoms with van der Waals surface area (Å²) in [5.41, 5.74) is 9.73. The van der Waals surface area contributed by atoms with E-state index in [1.165, 1.54) is 36.3 Å². The van der Waals surface area contributed by atoms with Gasteiger partial charge >= 0.3 is 0 Å². The van der Waals surface area contributed by atoms with E-state index in [2.05, 4.69) is 37.6 Å². The molecule has 0 spiro atoms. The zero-order valence-electron chi connectivity index (χ0n) is 18.2. The molecule has 3 aromatic rings. The number of anilines is 2. The highest BCUT2D eigenvalue weighted by Gasteiger charge is 2.11. The molecule has 0 saturated carbocycles. The third-order valence-electron chi connectivity index (χ3n) is 5.58. The van der Waals surface area contributed by atoms with E-state index in [1.54, 1.807) is 12.3 Å². The molecule has 0 bridgehead atoms. The van der Waals surface area contributed by atoms with Gasteiger partial charge in [0.05, 0.1) is 12.1 Å². The smallest absolute Gasteiger partial charge is 0.230 e. The Morgan fingerprint density at radius 1 is 1.16 bits per heavy atom. The first kappa shape index (κ1) is 22.4. The van der Waals surface area contributed by atoms with Crippen molar-refractivity contribution < 1.29 is 4.79 Å². The summed E-state index contributed by atoms with van der Waals surface area (Å²) in [6.07, 6.45) is 5.42. The summed E-state index contributed by atoms with van der Waals surface area (Å²) < 4.78 is 0. The number of nitrogens with zero attached hydrogens (tertiary/aromatic N) is 3. The zero-order chi connectivity index (χ0) is 22.2. The molecule has 8 heteroatoms. The first-order chi connectivity index (χ1) is 15.7. The molecule has 1 saturated heterocycles. The van der Waals surface area contributed by atoms with Crippen LogP contribution in [0.2, 0.25) is 0 Å². The van der Waals surface area contributed by atoms with Crippen LogP contribution in [-0.4, -0.2) is 53.5 Å². The molecule has 2 aromatic heterocycles. The SMILES string of the molecule is Nc1cc(-c2csc(NC(=O)Cc3cccc(CCCCN4CCNCC4)c3)n2)ccn1. The number of aromatic nitrogens is 2. The van der Waals surface area contributed by atoms with E-state index >= 15 is 0 Å². The highest BCUT2D eigenvalue weighted by Crippen LogP contribution is 2.25. The van der Waals surface area contributed by atoms with Crippen molar-refractivity contribution in [3.8, 4) is 11.3 Å². The van der Waals surface area contributed by atoms with Crippen molar-refractivity contribution in [2.45, 2.75) is 25.7 Å². The normalized spacial score (nSPS) is 14.4. The third kappa shape index (κ3) is 6.59. The van der Waals surface area contributed by atoms with Crippen LogP contribution >= 0.6 is 11.3 Å². The summed E-state index contributed by atoms with van der Waals surface area (Å²) in [6, 6.07) is 12.0. The average molecular weight is 451 g/mol. The number of hydrogen-bond donors (Lipinski definition) is 3. The van der Waals surface area contributed by atoms with Crippen LogP contribution in [0.5, 0.6) is 0 Å². The number of piperazine rings is 1. The molecule has 7 nitrogen and oxygen atoms in total. The number of nitrogen functional groups attached to an aromatic ring is 1. The highest BCUT2D eigenvalue weighted by atomic mass is 32.1. The number of carbonyl (C=O) groups is 1. The fourth-order valence-corrected chi connectivity index (χ4v) is 4.65. The Balaban J connectivity index is 1.24. The first-order valence-corrected chi connectivity index (χ1v) is 12.0. The van der Waals surface area contributed by atoms with E-state index in [4.69, 9.17) is 5.73 Å². The summed E-state index contributed by atoms with van der Waals surface area (Å²) in [7, 11) is 0. The molecule has 0 aliphatic carbocycles. The van der Waals surface area contributed by atoms with Gasteiger partial charge in [-0.15, -0.1) is 11.3 Å². The van der Waals surface area contributed by atoms with Crippen molar-refractivity contribution in [2.75, 3.05) is 43.8 Å². The number of benzene rings is 1. The molecule has 0 unspecified atom stereocenters. The van der Waals surface area contributed by atoms with Crippen LogP contribution in [0.4, 0.5) is 10.9 Å². The lowest BCUT2D eigenvalue weighted by Gasteiger charge is -2.27. The van der Waals surface area contributed by atoms with Crippen molar-refractivity contribution in [1.82, 2.24) is 20.2 Å². The number of nitrogens with one attached hydrogen (secondary N) is 2. The van der Waals surface area contributed by atoms with Crippen LogP contribution in [0.25, 0.3) is 11.3 Å². The minimum atomic E-state index is -0.0593. The van der Waals surface area contributed by atoms with Gasteiger partial charge in [0.1, 0.15) is 5.82 Å². The van der Waals surface area contributed by atoms with Crippen molar-refractivity contribution in [2.24, 2.45) is 0 Å². The number of aryl methyl sites for hydroxylation is 1. The number of rotatable bonds is 9. The summed E-state index contributed by atoms with van der Waals surface area (Å²) in [4.78, 5) is 23.6. The van der Waals surface area contributed by atoms with Crippen LogP contribution in [0.1, 0.15) is 24.0 Å². The molecule has 0 radical (unpaired) electrons. The Bertz CT molecular complexity index is 1030. The Morgan fingerprint density at radius 2 is 2.00 bits per heavy atom. The summed E-state index contributed by atoms with van der Waals surface area (Å²) in [5, 5.41) is 8.80. The van der Waals surface area contributed by atoms with Gasteiger partial charge in [-0.2, -0.15) is 0 Å². The molecule has 1 aromatic carbocycles. The second kappa shape index (κ2) is 11.2. The van der Waals surface area contributed by atoms with Crippen LogP contribution in [0.3, 0.4) is 0 Å². The molecule has 1 aliphatic heterocycles. The molecule has 1 aliphatic rings. The maximum Gasteiger partial charge on any atom is 0.230 e. The number of unbranched alkanes of at least 4 members (excludes halogenated alkanes) is 1. The van der Waals surface area contributed by atoms with Gasteiger partial charge in [-0.1, -0.05) is 24.3 Å². The Hall–Kier alpha value is -2.81. The van der Waals surface area contributed by atoms with Crippen molar-refractivity contribution in [3.63, 3.8) is 0 Å². The molecule has 1 fully saturated rings. The lowest BCUT2D eigenvalue weighted by atomic mass is 10.0. The van der Waals surface area contributed by atoms with Crippen molar-refractivity contribution in [3.05, 3.63) is 59.1 Å². The standard InChI is InChI=1S/C24H30N6OS/c25-22-16-20(7-8-27-22)21-17-32-24(28-21)29-23(31)15-19-6-3-5-18(14-19)4-1-2-11-30-12-9-26-10-13-30/h3,5-8,14,16-17,26H,1-2,4,9-13,15H2,(H2,25,27)(H,28,29,31). The van der Waals surface area contributed by atoms with E-state index in [-0.39, 0.29) is 5.91 Å². The molecule has 3 heterocycles. The van der Waals surface area contributed by atoms with Gasteiger partial charge in [0, 0.05) is 43.3 Å². The summed E-state index contributed by atoms with van der Waals surface area (Å²) in [6.45, 7) is 5.69. The molecular formula is C24H30N6OS. The number of thiazole rings is 1. The van der Waals surface area contributed by atoms with Gasteiger partial charge in [0.15, 0.2) is 5.13 Å². The Kier molecular flexibility index (Phi) is 7.82. The molecule has 32 heavy (non-hydrogen) atoms. The minimum Gasteiger partial charge on any atom is -0.384 e. The van der Waals surface area contributed by atoms with E-state index < -0.39 is 0 Å². The fourth-order valence-electron chi connectivity index (χ4n) is 3.91. The number of carbonyl (C=O) groups excluding carboxylic acids is 1. The Morgan fingerprint density at radius 3 is 2.84 bits per heavy atom. The highest BCUT2D eigenvalue weighted by molar-refractivity contribution is 7.14. The van der Waals surface area contributed by atoms with Crippen LogP contribution in [0, 0.1) is 0 Å². The number of nitrogens with two attached hydrogens (primary N) is 1. The third-order valence-corrected chi connectivity index (χ3v) is 6.34. The number of pyridine rings is 1. The largest absolute Gasteiger partial charge is 0.384 e.